The SMILES string of the molecule is CC(=O)CC[C@H](NC(=O)N[C@@H](CCCCNC(=O)COCCOCCNC(=O)CCCCCCC(=O)COc1ccc(/C=C\c2ccc3n2[B-](F)(F)[N+]2=C(c4ccc[nH]4)C=CC2=C3)cc1)C(=O)O)C(=O)O. The molecule has 0 aliphatic carbocycles. The number of urea groups is 1. The number of nitrogens with one attached hydrogen (secondary N) is 5. The highest BCUT2D eigenvalue weighted by molar-refractivity contribution is 6.58. The number of benzene rings is 1. The van der Waals surface area contributed by atoms with Gasteiger partial charge in [-0.2, -0.15) is 0 Å². The van der Waals surface area contributed by atoms with Crippen LogP contribution in [0.4, 0.5) is 13.4 Å². The Labute approximate surface area is 409 Å². The molecular weight excluding hydrogens is 927 g/mol. The molecule has 5 rings (SSSR count). The number of aromatic nitrogens is 2. The van der Waals surface area contributed by atoms with Gasteiger partial charge in [-0.15, -0.1) is 0 Å². The molecule has 22 heteroatoms. The van der Waals surface area contributed by atoms with Gasteiger partial charge in [-0.05, 0) is 93.5 Å². The third kappa shape index (κ3) is 17.6. The molecule has 0 spiro atoms. The first-order valence-electron chi connectivity index (χ1n) is 23.7. The third-order valence-electron chi connectivity index (χ3n) is 11.5. The number of carbonyl (C=O) groups is 7. The van der Waals surface area contributed by atoms with Gasteiger partial charge in [0.15, 0.2) is 17.2 Å². The average molecular weight is 990 g/mol. The second-order valence-corrected chi connectivity index (χ2v) is 17.0. The first kappa shape index (κ1) is 54.7. The molecule has 0 saturated heterocycles. The lowest BCUT2D eigenvalue weighted by atomic mass is 9.90. The highest BCUT2D eigenvalue weighted by atomic mass is 19.2. The minimum atomic E-state index is -4.16. The number of rotatable bonds is 33. The van der Waals surface area contributed by atoms with Crippen LogP contribution in [0.25, 0.3) is 18.2 Å². The fourth-order valence-electron chi connectivity index (χ4n) is 7.76. The lowest BCUT2D eigenvalue weighted by molar-refractivity contribution is -0.360. The fraction of sp³-hybridized carbons (Fsp3) is 0.429. The molecular formula is C49H62BF2N7O12. The average Bonchev–Trinajstić information content (AvgIpc) is 4.12. The zero-order chi connectivity index (χ0) is 51.2. The van der Waals surface area contributed by atoms with Gasteiger partial charge in [-0.25, -0.2) is 14.4 Å². The number of H-pyrrole nitrogens is 1. The van der Waals surface area contributed by atoms with Crippen LogP contribution in [0.2, 0.25) is 0 Å². The molecule has 1 aromatic carbocycles. The van der Waals surface area contributed by atoms with E-state index in [9.17, 15) is 43.8 Å². The number of carbonyl (C=O) groups excluding carboxylic acids is 5. The number of aromatic amines is 1. The predicted molar refractivity (Wildman–Crippen MR) is 260 cm³/mol. The van der Waals surface area contributed by atoms with Crippen LogP contribution in [0.15, 0.2) is 72.6 Å². The van der Waals surface area contributed by atoms with Gasteiger partial charge in [0, 0.05) is 68.2 Å². The van der Waals surface area contributed by atoms with Gasteiger partial charge in [-0.1, -0.05) is 31.1 Å². The largest absolute Gasteiger partial charge is 0.737 e. The summed E-state index contributed by atoms with van der Waals surface area (Å²) in [5.41, 5.74) is 3.02. The molecule has 4 amide bonds. The third-order valence-corrected chi connectivity index (χ3v) is 11.5. The molecule has 2 atom stereocenters. The number of unbranched alkanes of at least 4 members (excludes halogenated alkanes) is 4. The molecule has 0 bridgehead atoms. The van der Waals surface area contributed by atoms with Crippen LogP contribution in [-0.4, -0.2) is 136 Å². The number of aliphatic carboxylic acids is 2. The maximum Gasteiger partial charge on any atom is 0.737 e. The van der Waals surface area contributed by atoms with Crippen LogP contribution in [0.1, 0.15) is 100 Å². The van der Waals surface area contributed by atoms with Crippen molar-refractivity contribution < 1.29 is 71.1 Å². The van der Waals surface area contributed by atoms with Crippen LogP contribution < -0.4 is 26.0 Å². The van der Waals surface area contributed by atoms with Gasteiger partial charge >= 0.3 is 24.9 Å². The summed E-state index contributed by atoms with van der Waals surface area (Å²) >= 11 is 0. The monoisotopic (exact) mass is 989 g/mol. The molecule has 0 unspecified atom stereocenters. The van der Waals surface area contributed by atoms with Crippen molar-refractivity contribution in [3.8, 4) is 5.75 Å². The number of fused-ring (bicyclic) bond motifs is 2. The number of amides is 4. The number of carboxylic acid groups (broad SMARTS) is 2. The zero-order valence-corrected chi connectivity index (χ0v) is 39.7. The van der Waals surface area contributed by atoms with Crippen LogP contribution in [0, 0.1) is 0 Å². The maximum absolute atomic E-state index is 16.1. The van der Waals surface area contributed by atoms with Crippen LogP contribution in [-0.2, 0) is 38.2 Å². The predicted octanol–water partition coefficient (Wildman–Crippen LogP) is 4.93. The van der Waals surface area contributed by atoms with E-state index in [2.05, 4.69) is 26.3 Å². The summed E-state index contributed by atoms with van der Waals surface area (Å²) < 4.78 is 50.7. The van der Waals surface area contributed by atoms with Crippen molar-refractivity contribution in [3.05, 3.63) is 95.2 Å². The van der Waals surface area contributed by atoms with E-state index < -0.39 is 37.0 Å². The highest BCUT2D eigenvalue weighted by Crippen LogP contribution is 2.34. The Morgan fingerprint density at radius 1 is 0.746 bits per heavy atom. The van der Waals surface area contributed by atoms with Gasteiger partial charge in [-0.3, -0.25) is 14.4 Å². The Hall–Kier alpha value is -7.20. The van der Waals surface area contributed by atoms with Crippen LogP contribution >= 0.6 is 0 Å². The van der Waals surface area contributed by atoms with Crippen LogP contribution in [0.5, 0.6) is 5.75 Å². The zero-order valence-electron chi connectivity index (χ0n) is 39.7. The smallest absolute Gasteiger partial charge is 0.486 e. The van der Waals surface area contributed by atoms with E-state index in [1.54, 1.807) is 85.1 Å². The second-order valence-electron chi connectivity index (χ2n) is 17.0. The first-order chi connectivity index (χ1) is 34.1. The number of hydrogen-bond acceptors (Lipinski definition) is 10. The minimum absolute atomic E-state index is 0.0325. The number of allylic oxidation sites excluding steroid dienone is 2. The Bertz CT molecular complexity index is 2450. The number of halogens is 2. The summed E-state index contributed by atoms with van der Waals surface area (Å²) in [5.74, 6) is -2.92. The number of nitrogens with zero attached hydrogens (tertiary/aromatic N) is 2. The van der Waals surface area contributed by atoms with Crippen molar-refractivity contribution >= 4 is 72.3 Å². The molecule has 7 N–H and O–H groups in total. The van der Waals surface area contributed by atoms with E-state index in [1.807, 2.05) is 0 Å². The van der Waals surface area contributed by atoms with Gasteiger partial charge in [0.05, 0.1) is 19.8 Å². The Kier molecular flexibility index (Phi) is 21.5. The lowest BCUT2D eigenvalue weighted by Gasteiger charge is -2.30. The van der Waals surface area contributed by atoms with Crippen molar-refractivity contribution in [3.63, 3.8) is 0 Å². The molecule has 0 saturated carbocycles. The summed E-state index contributed by atoms with van der Waals surface area (Å²) in [7, 11) is 0. The lowest BCUT2D eigenvalue weighted by Crippen LogP contribution is -2.51. The van der Waals surface area contributed by atoms with E-state index in [4.69, 9.17) is 14.2 Å². The molecule has 19 nitrogen and oxygen atoms in total. The normalized spacial score (nSPS) is 14.3. The Balaban J connectivity index is 0.829. The number of hydrogen-bond donors (Lipinski definition) is 7. The molecule has 0 radical (unpaired) electrons. The molecule has 2 aliphatic rings. The molecule has 2 aromatic heterocycles. The molecule has 71 heavy (non-hydrogen) atoms. The number of ether oxygens (including phenoxy) is 3. The van der Waals surface area contributed by atoms with Crippen LogP contribution in [0.3, 0.4) is 0 Å². The molecule has 3 aromatic rings. The van der Waals surface area contributed by atoms with E-state index in [0.29, 0.717) is 79.3 Å². The quantitative estimate of drug-likeness (QED) is 0.0317. The van der Waals surface area contributed by atoms with Crippen molar-refractivity contribution in [2.24, 2.45) is 0 Å². The minimum Gasteiger partial charge on any atom is -0.486 e. The van der Waals surface area contributed by atoms with Crippen molar-refractivity contribution in [2.75, 3.05) is 46.1 Å². The molecule has 0 fully saturated rings. The maximum atomic E-state index is 16.1. The highest BCUT2D eigenvalue weighted by Gasteiger charge is 2.52. The first-order valence-corrected chi connectivity index (χ1v) is 23.7. The van der Waals surface area contributed by atoms with Gasteiger partial charge in [0.2, 0.25) is 11.8 Å². The molecule has 4 heterocycles. The van der Waals surface area contributed by atoms with E-state index >= 15 is 8.63 Å². The standard InChI is InChI=1S/C49H62BF2N7O12/c1-34(60)13-23-43(48(66)67)57-49(68)56-42(47(64)65)10-6-7-25-54-46(63)33-70-30-29-69-28-27-55-45(62)12-5-3-2-4-9-39(61)32-71-40-21-15-35(16-22-40)14-17-36-18-19-37-31-38-20-24-44(41-11-8-26-53-41)59(38)50(51,52)58(36)37/h8,11,14-22,24,26,31,42-43,53H,2-7,9-10,12-13,23,25,27-30,32-33H2,1H3,(H,54,63)(H,55,62)(H,64,65)(H,66,67)(H2,56,57,68)/b17-14-/t42-,43-/m0/s1. The summed E-state index contributed by atoms with van der Waals surface area (Å²) in [6, 6.07) is 10.3. The van der Waals surface area contributed by atoms with Crippen molar-refractivity contribution in [2.45, 2.75) is 89.6 Å². The summed E-state index contributed by atoms with van der Waals surface area (Å²) in [6.45, 7) is -2.01. The number of carboxylic acids is 2. The molecule has 382 valence electrons. The van der Waals surface area contributed by atoms with E-state index in [0.717, 1.165) is 27.4 Å². The van der Waals surface area contributed by atoms with Crippen molar-refractivity contribution in [1.29, 1.82) is 0 Å². The van der Waals surface area contributed by atoms with E-state index in [1.165, 1.54) is 6.92 Å². The van der Waals surface area contributed by atoms with Gasteiger partial charge in [0.25, 0.3) is 0 Å². The Morgan fingerprint density at radius 2 is 1.45 bits per heavy atom. The second kappa shape index (κ2) is 27.9. The summed E-state index contributed by atoms with van der Waals surface area (Å²) in [4.78, 5) is 85.9. The van der Waals surface area contributed by atoms with Gasteiger partial charge in [0.1, 0.15) is 42.5 Å². The summed E-state index contributed by atoms with van der Waals surface area (Å²) in [5, 5.41) is 28.5. The van der Waals surface area contributed by atoms with E-state index in [-0.39, 0.29) is 82.2 Å². The number of ketones is 2. The fourth-order valence-corrected chi connectivity index (χ4v) is 7.76. The van der Waals surface area contributed by atoms with Crippen molar-refractivity contribution in [1.82, 2.24) is 30.7 Å². The number of Topliss-reactive ketones (excluding diaryl/α,β-unsaturated/α-hetero) is 2. The van der Waals surface area contributed by atoms with Gasteiger partial charge < -0.3 is 73.1 Å². The molecule has 2 aliphatic heterocycles. The summed E-state index contributed by atoms with van der Waals surface area (Å²) in [6.07, 6.45) is 14.5. The Morgan fingerprint density at radius 3 is 2.15 bits per heavy atom. The topological polar surface area (TPSA) is 259 Å².